The lowest BCUT2D eigenvalue weighted by Crippen LogP contribution is -2.06. The van der Waals surface area contributed by atoms with Crippen molar-refractivity contribution < 1.29 is 14.3 Å². The van der Waals surface area contributed by atoms with Gasteiger partial charge in [0.15, 0.2) is 0 Å². The Balaban J connectivity index is 2.23. The highest BCUT2D eigenvalue weighted by Gasteiger charge is 2.18. The summed E-state index contributed by atoms with van der Waals surface area (Å²) >= 11 is 0. The zero-order valence-corrected chi connectivity index (χ0v) is 11.9. The summed E-state index contributed by atoms with van der Waals surface area (Å²) in [5.74, 6) is 0.120. The molecule has 0 unspecified atom stereocenters. The smallest absolute Gasteiger partial charge is 0.337 e. The van der Waals surface area contributed by atoms with E-state index in [1.165, 1.54) is 0 Å². The Morgan fingerprint density at radius 2 is 2.19 bits per heavy atom. The highest BCUT2D eigenvalue weighted by Crippen LogP contribution is 2.25. The molecule has 2 aromatic heterocycles. The number of imidazole rings is 1. The van der Waals surface area contributed by atoms with Crippen molar-refractivity contribution in [3.8, 4) is 0 Å². The number of rotatable bonds is 4. The third-order valence-corrected chi connectivity index (χ3v) is 3.48. The van der Waals surface area contributed by atoms with Gasteiger partial charge in [-0.1, -0.05) is 19.9 Å². The number of carboxylic acid groups (broad SMARTS) is 1. The predicted octanol–water partition coefficient (Wildman–Crippen LogP) is 3.50. The van der Waals surface area contributed by atoms with Crippen molar-refractivity contribution in [2.24, 2.45) is 0 Å². The van der Waals surface area contributed by atoms with Gasteiger partial charge in [-0.15, -0.1) is 0 Å². The summed E-state index contributed by atoms with van der Waals surface area (Å²) in [4.78, 5) is 15.9. The molecule has 0 atom stereocenters. The molecule has 0 aliphatic heterocycles. The summed E-state index contributed by atoms with van der Waals surface area (Å²) in [5, 5.41) is 9.31. The SMILES string of the molecule is CC(C)c1nc2c(C(=O)O)cccc2n1Cc1ccoc1. The molecule has 0 saturated carbocycles. The first-order valence-electron chi connectivity index (χ1n) is 6.81. The first kappa shape index (κ1) is 13.4. The van der Waals surface area contributed by atoms with Crippen LogP contribution in [0.3, 0.4) is 0 Å². The van der Waals surface area contributed by atoms with Gasteiger partial charge in [0, 0.05) is 11.5 Å². The molecule has 3 rings (SSSR count). The number of hydrogen-bond acceptors (Lipinski definition) is 3. The van der Waals surface area contributed by atoms with Crippen molar-refractivity contribution >= 4 is 17.0 Å². The molecule has 5 nitrogen and oxygen atoms in total. The topological polar surface area (TPSA) is 68.3 Å². The van der Waals surface area contributed by atoms with Gasteiger partial charge in [0.1, 0.15) is 11.3 Å². The Labute approximate surface area is 121 Å². The summed E-state index contributed by atoms with van der Waals surface area (Å²) in [5.41, 5.74) is 2.63. The molecule has 3 aromatic rings. The lowest BCUT2D eigenvalue weighted by atomic mass is 10.2. The molecular weight excluding hydrogens is 268 g/mol. The number of para-hydroxylation sites is 1. The van der Waals surface area contributed by atoms with Gasteiger partial charge < -0.3 is 14.1 Å². The van der Waals surface area contributed by atoms with Gasteiger partial charge in [-0.05, 0) is 18.2 Å². The van der Waals surface area contributed by atoms with Crippen LogP contribution in [0.5, 0.6) is 0 Å². The van der Waals surface area contributed by atoms with E-state index in [4.69, 9.17) is 4.42 Å². The third-order valence-electron chi connectivity index (χ3n) is 3.48. The molecular formula is C16H16N2O3. The molecule has 0 aliphatic carbocycles. The normalized spacial score (nSPS) is 11.4. The molecule has 21 heavy (non-hydrogen) atoms. The van der Waals surface area contributed by atoms with E-state index in [0.29, 0.717) is 12.1 Å². The standard InChI is InChI=1S/C16H16N2O3/c1-10(2)15-17-14-12(16(19)20)4-3-5-13(14)18(15)8-11-6-7-21-9-11/h3-7,9-10H,8H2,1-2H3,(H,19,20). The molecule has 1 N–H and O–H groups in total. The van der Waals surface area contributed by atoms with Crippen LogP contribution in [0.1, 0.15) is 41.5 Å². The molecule has 0 spiro atoms. The Morgan fingerprint density at radius 3 is 2.81 bits per heavy atom. The van der Waals surface area contributed by atoms with Crippen LogP contribution in [0, 0.1) is 0 Å². The second kappa shape index (κ2) is 5.09. The summed E-state index contributed by atoms with van der Waals surface area (Å²) in [7, 11) is 0. The molecule has 0 amide bonds. The van der Waals surface area contributed by atoms with Crippen molar-refractivity contribution in [2.75, 3.05) is 0 Å². The van der Waals surface area contributed by atoms with Gasteiger partial charge >= 0.3 is 5.97 Å². The fourth-order valence-corrected chi connectivity index (χ4v) is 2.51. The van der Waals surface area contributed by atoms with Gasteiger partial charge in [0.2, 0.25) is 0 Å². The minimum absolute atomic E-state index is 0.200. The van der Waals surface area contributed by atoms with E-state index in [2.05, 4.69) is 9.55 Å². The van der Waals surface area contributed by atoms with Crippen LogP contribution < -0.4 is 0 Å². The molecule has 0 saturated heterocycles. The van der Waals surface area contributed by atoms with Crippen LogP contribution in [-0.2, 0) is 6.54 Å². The molecule has 5 heteroatoms. The van der Waals surface area contributed by atoms with Gasteiger partial charge in [-0.3, -0.25) is 0 Å². The minimum atomic E-state index is -0.955. The van der Waals surface area contributed by atoms with E-state index in [-0.39, 0.29) is 11.5 Å². The zero-order valence-electron chi connectivity index (χ0n) is 11.9. The zero-order chi connectivity index (χ0) is 15.0. The van der Waals surface area contributed by atoms with Crippen LogP contribution in [0.4, 0.5) is 0 Å². The lowest BCUT2D eigenvalue weighted by molar-refractivity contribution is 0.0699. The van der Waals surface area contributed by atoms with Crippen molar-refractivity contribution in [1.29, 1.82) is 0 Å². The number of hydrogen-bond donors (Lipinski definition) is 1. The molecule has 1 aromatic carbocycles. The van der Waals surface area contributed by atoms with E-state index >= 15 is 0 Å². The number of furan rings is 1. The lowest BCUT2D eigenvalue weighted by Gasteiger charge is -2.10. The summed E-state index contributed by atoms with van der Waals surface area (Å²) in [6, 6.07) is 7.14. The molecule has 0 fully saturated rings. The van der Waals surface area contributed by atoms with Crippen LogP contribution in [0.25, 0.3) is 11.0 Å². The second-order valence-electron chi connectivity index (χ2n) is 5.32. The van der Waals surface area contributed by atoms with Crippen LogP contribution in [0.15, 0.2) is 41.2 Å². The van der Waals surface area contributed by atoms with E-state index in [1.54, 1.807) is 24.7 Å². The molecule has 108 valence electrons. The number of nitrogens with zero attached hydrogens (tertiary/aromatic N) is 2. The number of carboxylic acids is 1. The Bertz CT molecular complexity index is 785. The van der Waals surface area contributed by atoms with Gasteiger partial charge in [0.05, 0.1) is 30.2 Å². The van der Waals surface area contributed by atoms with E-state index in [0.717, 1.165) is 16.9 Å². The van der Waals surface area contributed by atoms with Gasteiger partial charge in [-0.2, -0.15) is 0 Å². The first-order valence-corrected chi connectivity index (χ1v) is 6.81. The molecule has 0 aliphatic rings. The second-order valence-corrected chi connectivity index (χ2v) is 5.32. The Kier molecular flexibility index (Phi) is 3.25. The number of aromatic nitrogens is 2. The van der Waals surface area contributed by atoms with Crippen molar-refractivity contribution in [1.82, 2.24) is 9.55 Å². The maximum Gasteiger partial charge on any atom is 0.337 e. The van der Waals surface area contributed by atoms with Crippen molar-refractivity contribution in [3.05, 3.63) is 53.7 Å². The van der Waals surface area contributed by atoms with Crippen molar-refractivity contribution in [2.45, 2.75) is 26.3 Å². The van der Waals surface area contributed by atoms with E-state index < -0.39 is 5.97 Å². The highest BCUT2D eigenvalue weighted by molar-refractivity contribution is 6.01. The van der Waals surface area contributed by atoms with Crippen LogP contribution >= 0.6 is 0 Å². The van der Waals surface area contributed by atoms with E-state index in [1.807, 2.05) is 26.0 Å². The predicted molar refractivity (Wildman–Crippen MR) is 78.6 cm³/mol. The summed E-state index contributed by atoms with van der Waals surface area (Å²) < 4.78 is 7.16. The van der Waals surface area contributed by atoms with Crippen LogP contribution in [0.2, 0.25) is 0 Å². The fourth-order valence-electron chi connectivity index (χ4n) is 2.51. The Morgan fingerprint density at radius 1 is 1.38 bits per heavy atom. The molecule has 0 bridgehead atoms. The highest BCUT2D eigenvalue weighted by atomic mass is 16.4. The number of aromatic carboxylic acids is 1. The average Bonchev–Trinajstić information content (AvgIpc) is 3.07. The third kappa shape index (κ3) is 2.31. The minimum Gasteiger partial charge on any atom is -0.478 e. The quantitative estimate of drug-likeness (QED) is 0.796. The van der Waals surface area contributed by atoms with Crippen molar-refractivity contribution in [3.63, 3.8) is 0 Å². The fraction of sp³-hybridized carbons (Fsp3) is 0.250. The molecule has 0 radical (unpaired) electrons. The number of carbonyl (C=O) groups is 1. The monoisotopic (exact) mass is 284 g/mol. The maximum absolute atomic E-state index is 11.4. The molecule has 2 heterocycles. The Hall–Kier alpha value is -2.56. The van der Waals surface area contributed by atoms with Gasteiger partial charge in [0.25, 0.3) is 0 Å². The summed E-state index contributed by atoms with van der Waals surface area (Å²) in [6.07, 6.45) is 3.32. The van der Waals surface area contributed by atoms with Crippen LogP contribution in [-0.4, -0.2) is 20.6 Å². The first-order chi connectivity index (χ1) is 10.1. The van der Waals surface area contributed by atoms with Gasteiger partial charge in [-0.25, -0.2) is 9.78 Å². The van der Waals surface area contributed by atoms with E-state index in [9.17, 15) is 9.90 Å². The number of benzene rings is 1. The average molecular weight is 284 g/mol. The largest absolute Gasteiger partial charge is 0.478 e. The number of fused-ring (bicyclic) bond motifs is 1. The maximum atomic E-state index is 11.4. The summed E-state index contributed by atoms with van der Waals surface area (Å²) in [6.45, 7) is 4.71.